The van der Waals surface area contributed by atoms with Crippen molar-refractivity contribution < 1.29 is 9.47 Å². The van der Waals surface area contributed by atoms with Gasteiger partial charge in [-0.3, -0.25) is 0 Å². The van der Waals surface area contributed by atoms with Crippen molar-refractivity contribution in [3.05, 3.63) is 36.0 Å². The molecule has 6 nitrogen and oxygen atoms in total. The van der Waals surface area contributed by atoms with E-state index in [4.69, 9.17) is 9.47 Å². The molecular weight excluding hydrogens is 280 g/mol. The normalized spacial score (nSPS) is 14.7. The van der Waals surface area contributed by atoms with Gasteiger partial charge in [0.1, 0.15) is 11.6 Å². The molecule has 2 aromatic rings. The number of aryl methyl sites for hydroxylation is 1. The second-order valence-corrected chi connectivity index (χ2v) is 5.15. The Bertz CT molecular complexity index is 642. The smallest absolute Gasteiger partial charge is 0.229 e. The second kappa shape index (κ2) is 6.62. The molecule has 0 saturated carbocycles. The van der Waals surface area contributed by atoms with Crippen LogP contribution in [0, 0.1) is 6.92 Å². The maximum Gasteiger partial charge on any atom is 0.229 e. The van der Waals surface area contributed by atoms with E-state index < -0.39 is 0 Å². The molecule has 0 aliphatic carbocycles. The number of anilines is 3. The van der Waals surface area contributed by atoms with E-state index in [0.29, 0.717) is 5.95 Å². The van der Waals surface area contributed by atoms with Crippen molar-refractivity contribution in [1.29, 1.82) is 0 Å². The van der Waals surface area contributed by atoms with Gasteiger partial charge in [-0.25, -0.2) is 4.98 Å². The first kappa shape index (κ1) is 14.6. The van der Waals surface area contributed by atoms with Gasteiger partial charge in [0.2, 0.25) is 5.95 Å². The standard InChI is InChI=1S/C16H20N4O2/c1-12-10-15(20-6-8-22-9-7-20)19-16(17-12)18-13-4-3-5-14(11-13)21-2/h3-5,10-11H,6-9H2,1-2H3,(H,17,18,19). The largest absolute Gasteiger partial charge is 0.497 e. The SMILES string of the molecule is COc1cccc(Nc2nc(C)cc(N3CCOCC3)n2)c1. The zero-order valence-electron chi connectivity index (χ0n) is 12.9. The van der Waals surface area contributed by atoms with Crippen molar-refractivity contribution in [2.45, 2.75) is 6.92 Å². The van der Waals surface area contributed by atoms with Crippen molar-refractivity contribution in [1.82, 2.24) is 9.97 Å². The molecule has 22 heavy (non-hydrogen) atoms. The van der Waals surface area contributed by atoms with Crippen LogP contribution in [-0.2, 0) is 4.74 Å². The summed E-state index contributed by atoms with van der Waals surface area (Å²) in [7, 11) is 1.65. The predicted molar refractivity (Wildman–Crippen MR) is 86.1 cm³/mol. The van der Waals surface area contributed by atoms with Gasteiger partial charge in [0.15, 0.2) is 0 Å². The summed E-state index contributed by atoms with van der Waals surface area (Å²) in [5.41, 5.74) is 1.83. The molecule has 0 bridgehead atoms. The number of aromatic nitrogens is 2. The average molecular weight is 300 g/mol. The molecule has 0 unspecified atom stereocenters. The summed E-state index contributed by atoms with van der Waals surface area (Å²) in [5, 5.41) is 3.24. The summed E-state index contributed by atoms with van der Waals surface area (Å²) in [6, 6.07) is 9.71. The Kier molecular flexibility index (Phi) is 4.39. The number of hydrogen-bond donors (Lipinski definition) is 1. The molecule has 0 atom stereocenters. The van der Waals surface area contributed by atoms with E-state index >= 15 is 0 Å². The highest BCUT2D eigenvalue weighted by Gasteiger charge is 2.14. The fourth-order valence-corrected chi connectivity index (χ4v) is 2.39. The number of nitrogens with zero attached hydrogens (tertiary/aromatic N) is 3. The number of rotatable bonds is 4. The molecule has 116 valence electrons. The predicted octanol–water partition coefficient (Wildman–Crippen LogP) is 2.37. The van der Waals surface area contributed by atoms with Gasteiger partial charge >= 0.3 is 0 Å². The Hall–Kier alpha value is -2.34. The van der Waals surface area contributed by atoms with E-state index in [2.05, 4.69) is 20.2 Å². The Balaban J connectivity index is 1.82. The fourth-order valence-electron chi connectivity index (χ4n) is 2.39. The van der Waals surface area contributed by atoms with Gasteiger partial charge in [0, 0.05) is 36.6 Å². The minimum absolute atomic E-state index is 0.592. The molecule has 6 heteroatoms. The first-order chi connectivity index (χ1) is 10.7. The van der Waals surface area contributed by atoms with Crippen molar-refractivity contribution >= 4 is 17.5 Å². The van der Waals surface area contributed by atoms with Crippen LogP contribution in [0.5, 0.6) is 5.75 Å². The van der Waals surface area contributed by atoms with Gasteiger partial charge in [0.05, 0.1) is 20.3 Å². The highest BCUT2D eigenvalue weighted by Crippen LogP contribution is 2.22. The molecule has 1 saturated heterocycles. The van der Waals surface area contributed by atoms with E-state index in [1.54, 1.807) is 7.11 Å². The van der Waals surface area contributed by atoms with Gasteiger partial charge in [-0.15, -0.1) is 0 Å². The van der Waals surface area contributed by atoms with Crippen molar-refractivity contribution in [3.63, 3.8) is 0 Å². The number of morpholine rings is 1. The van der Waals surface area contributed by atoms with Crippen molar-refractivity contribution in [2.75, 3.05) is 43.6 Å². The van der Waals surface area contributed by atoms with Gasteiger partial charge < -0.3 is 19.7 Å². The number of hydrogen-bond acceptors (Lipinski definition) is 6. The third-order valence-electron chi connectivity index (χ3n) is 3.50. The zero-order valence-corrected chi connectivity index (χ0v) is 12.9. The fraction of sp³-hybridized carbons (Fsp3) is 0.375. The minimum atomic E-state index is 0.592. The lowest BCUT2D eigenvalue weighted by Gasteiger charge is -2.28. The lowest BCUT2D eigenvalue weighted by atomic mass is 10.3. The maximum atomic E-state index is 5.39. The Labute approximate surface area is 130 Å². The maximum absolute atomic E-state index is 5.39. The Morgan fingerprint density at radius 1 is 1.18 bits per heavy atom. The molecule has 2 heterocycles. The Morgan fingerprint density at radius 3 is 2.77 bits per heavy atom. The van der Waals surface area contributed by atoms with E-state index in [1.165, 1.54) is 0 Å². The topological polar surface area (TPSA) is 59.5 Å². The number of benzene rings is 1. The molecule has 1 aliphatic rings. The molecule has 1 fully saturated rings. The first-order valence-electron chi connectivity index (χ1n) is 7.34. The van der Waals surface area contributed by atoms with Gasteiger partial charge in [-0.1, -0.05) is 6.07 Å². The molecule has 3 rings (SSSR count). The minimum Gasteiger partial charge on any atom is -0.497 e. The summed E-state index contributed by atoms with van der Waals surface area (Å²) in [5.74, 6) is 2.32. The quantitative estimate of drug-likeness (QED) is 0.935. The third-order valence-corrected chi connectivity index (χ3v) is 3.50. The molecule has 1 aromatic heterocycles. The van der Waals surface area contributed by atoms with Crippen LogP contribution in [0.25, 0.3) is 0 Å². The van der Waals surface area contributed by atoms with Crippen LogP contribution in [0.4, 0.5) is 17.5 Å². The van der Waals surface area contributed by atoms with Crippen LogP contribution in [0.2, 0.25) is 0 Å². The molecule has 1 N–H and O–H groups in total. The van der Waals surface area contributed by atoms with E-state index in [0.717, 1.165) is 49.3 Å². The van der Waals surface area contributed by atoms with Crippen LogP contribution in [0.15, 0.2) is 30.3 Å². The molecule has 1 aromatic carbocycles. The van der Waals surface area contributed by atoms with Gasteiger partial charge in [-0.05, 0) is 19.1 Å². The third kappa shape index (κ3) is 3.46. The summed E-state index contributed by atoms with van der Waals surface area (Å²) in [4.78, 5) is 11.3. The monoisotopic (exact) mass is 300 g/mol. The van der Waals surface area contributed by atoms with E-state index in [-0.39, 0.29) is 0 Å². The van der Waals surface area contributed by atoms with Gasteiger partial charge in [-0.2, -0.15) is 4.98 Å². The van der Waals surface area contributed by atoms with E-state index in [1.807, 2.05) is 37.3 Å². The van der Waals surface area contributed by atoms with Crippen molar-refractivity contribution in [2.24, 2.45) is 0 Å². The summed E-state index contributed by atoms with van der Waals surface area (Å²) >= 11 is 0. The number of methoxy groups -OCH3 is 1. The molecule has 0 amide bonds. The number of ether oxygens (including phenoxy) is 2. The molecular formula is C16H20N4O2. The second-order valence-electron chi connectivity index (χ2n) is 5.15. The molecule has 0 spiro atoms. The first-order valence-corrected chi connectivity index (χ1v) is 7.34. The van der Waals surface area contributed by atoms with Crippen LogP contribution < -0.4 is 15.0 Å². The molecule has 0 radical (unpaired) electrons. The Morgan fingerprint density at radius 2 is 2.00 bits per heavy atom. The van der Waals surface area contributed by atoms with Crippen LogP contribution in [0.3, 0.4) is 0 Å². The van der Waals surface area contributed by atoms with Crippen LogP contribution in [-0.4, -0.2) is 43.4 Å². The number of nitrogens with one attached hydrogen (secondary N) is 1. The molecule has 1 aliphatic heterocycles. The lowest BCUT2D eigenvalue weighted by Crippen LogP contribution is -2.36. The summed E-state index contributed by atoms with van der Waals surface area (Å²) in [6.45, 7) is 5.16. The van der Waals surface area contributed by atoms with Crippen LogP contribution in [0.1, 0.15) is 5.69 Å². The summed E-state index contributed by atoms with van der Waals surface area (Å²) in [6.07, 6.45) is 0. The van der Waals surface area contributed by atoms with Crippen molar-refractivity contribution in [3.8, 4) is 5.75 Å². The zero-order chi connectivity index (χ0) is 15.4. The average Bonchev–Trinajstić information content (AvgIpc) is 2.55. The van der Waals surface area contributed by atoms with Gasteiger partial charge in [0.25, 0.3) is 0 Å². The highest BCUT2D eigenvalue weighted by atomic mass is 16.5. The lowest BCUT2D eigenvalue weighted by molar-refractivity contribution is 0.122. The van der Waals surface area contributed by atoms with Crippen LogP contribution >= 0.6 is 0 Å². The van der Waals surface area contributed by atoms with E-state index in [9.17, 15) is 0 Å². The highest BCUT2D eigenvalue weighted by molar-refractivity contribution is 5.57. The summed E-state index contributed by atoms with van der Waals surface area (Å²) < 4.78 is 10.6.